The molecule has 0 saturated heterocycles. The molecule has 0 spiro atoms. The van der Waals surface area contributed by atoms with Crippen LogP contribution in [-0.4, -0.2) is 18.0 Å². The Balaban J connectivity index is 1.63. The van der Waals surface area contributed by atoms with E-state index < -0.39 is 11.8 Å². The van der Waals surface area contributed by atoms with Crippen molar-refractivity contribution in [3.8, 4) is 5.75 Å². The number of hydrogen-bond donors (Lipinski definition) is 2. The molecule has 0 heterocycles. The predicted octanol–water partition coefficient (Wildman–Crippen LogP) is 5.88. The number of anilines is 1. The van der Waals surface area contributed by atoms with Gasteiger partial charge in [-0.1, -0.05) is 59.9 Å². The molecule has 3 rings (SSSR count). The molecule has 0 aliphatic carbocycles. The van der Waals surface area contributed by atoms with Crippen LogP contribution in [0.3, 0.4) is 0 Å². The number of hydrazone groups is 1. The number of hydrogen-bond acceptors (Lipinski definition) is 4. The van der Waals surface area contributed by atoms with Gasteiger partial charge in [-0.2, -0.15) is 5.10 Å². The fraction of sp³-hybridized carbons (Fsp3) is 0.125. The highest BCUT2D eigenvalue weighted by Crippen LogP contribution is 2.27. The van der Waals surface area contributed by atoms with Gasteiger partial charge in [0, 0.05) is 31.9 Å². The van der Waals surface area contributed by atoms with Crippen molar-refractivity contribution in [2.45, 2.75) is 20.0 Å². The fourth-order valence-corrected chi connectivity index (χ4v) is 3.48. The van der Waals surface area contributed by atoms with Crippen molar-refractivity contribution in [2.24, 2.45) is 5.10 Å². The molecule has 0 radical (unpaired) electrons. The summed E-state index contributed by atoms with van der Waals surface area (Å²) in [7, 11) is 0. The van der Waals surface area contributed by atoms with Gasteiger partial charge >= 0.3 is 11.8 Å². The van der Waals surface area contributed by atoms with Crippen LogP contribution in [0.4, 0.5) is 5.69 Å². The highest BCUT2D eigenvalue weighted by molar-refractivity contribution is 6.39. The van der Waals surface area contributed by atoms with Crippen molar-refractivity contribution in [1.29, 1.82) is 0 Å². The van der Waals surface area contributed by atoms with Crippen LogP contribution in [0.1, 0.15) is 23.6 Å². The van der Waals surface area contributed by atoms with Crippen molar-refractivity contribution in [3.63, 3.8) is 0 Å². The number of halogens is 3. The highest BCUT2D eigenvalue weighted by Gasteiger charge is 2.13. The van der Waals surface area contributed by atoms with Crippen molar-refractivity contribution < 1.29 is 14.3 Å². The van der Waals surface area contributed by atoms with E-state index in [4.69, 9.17) is 39.5 Å². The molecule has 9 heteroatoms. The summed E-state index contributed by atoms with van der Waals surface area (Å²) in [5.74, 6) is -1.32. The summed E-state index contributed by atoms with van der Waals surface area (Å²) < 4.78 is 5.83. The molecular formula is C24H20Cl3N3O3. The second-order valence-corrected chi connectivity index (χ2v) is 8.13. The Morgan fingerprint density at radius 2 is 1.67 bits per heavy atom. The van der Waals surface area contributed by atoms with Gasteiger partial charge in [-0.15, -0.1) is 0 Å². The fourth-order valence-electron chi connectivity index (χ4n) is 2.79. The predicted molar refractivity (Wildman–Crippen MR) is 132 cm³/mol. The lowest BCUT2D eigenvalue weighted by Crippen LogP contribution is -2.32. The maximum atomic E-state index is 12.1. The molecule has 33 heavy (non-hydrogen) atoms. The van der Waals surface area contributed by atoms with Gasteiger partial charge < -0.3 is 10.1 Å². The smallest absolute Gasteiger partial charge is 0.329 e. The zero-order valence-electron chi connectivity index (χ0n) is 17.6. The first kappa shape index (κ1) is 24.6. The largest absolute Gasteiger partial charge is 0.488 e. The molecule has 2 amide bonds. The van der Waals surface area contributed by atoms with Crippen molar-refractivity contribution in [3.05, 3.63) is 92.4 Å². The minimum absolute atomic E-state index is 0.118. The van der Waals surface area contributed by atoms with Crippen LogP contribution < -0.4 is 15.5 Å². The average Bonchev–Trinajstić information content (AvgIpc) is 2.80. The van der Waals surface area contributed by atoms with Crippen molar-refractivity contribution in [1.82, 2.24) is 5.43 Å². The summed E-state index contributed by atoms with van der Waals surface area (Å²) in [6.07, 6.45) is 2.21. The van der Waals surface area contributed by atoms with Crippen LogP contribution in [0.5, 0.6) is 5.75 Å². The van der Waals surface area contributed by atoms with E-state index in [1.54, 1.807) is 48.5 Å². The minimum atomic E-state index is -0.918. The van der Waals surface area contributed by atoms with E-state index in [9.17, 15) is 9.59 Å². The third-order valence-corrected chi connectivity index (χ3v) is 5.54. The number of nitrogens with zero attached hydrogens (tertiary/aromatic N) is 1. The molecule has 6 nitrogen and oxygen atoms in total. The van der Waals surface area contributed by atoms with Crippen LogP contribution in [0.15, 0.2) is 65.8 Å². The lowest BCUT2D eigenvalue weighted by molar-refractivity contribution is -0.136. The van der Waals surface area contributed by atoms with Gasteiger partial charge in [-0.3, -0.25) is 9.59 Å². The van der Waals surface area contributed by atoms with E-state index in [2.05, 4.69) is 15.8 Å². The Hall–Kier alpha value is -3.06. The van der Waals surface area contributed by atoms with E-state index in [1.165, 1.54) is 6.21 Å². The summed E-state index contributed by atoms with van der Waals surface area (Å²) in [6, 6.07) is 17.3. The second kappa shape index (κ2) is 11.7. The lowest BCUT2D eigenvalue weighted by Gasteiger charge is -2.12. The molecule has 0 bridgehead atoms. The Bertz CT molecular complexity index is 1160. The van der Waals surface area contributed by atoms with E-state index >= 15 is 0 Å². The normalized spacial score (nSPS) is 10.8. The standard InChI is InChI=1S/C24H20Cl3N3O3/c1-2-15-6-9-18(10-7-15)29-23(31)24(32)30-28-13-16-12-17(25)8-11-22(16)33-14-19-20(26)4-3-5-21(19)27/h3-13H,2,14H2,1H3,(H,29,31)(H,30,32)/b28-13-. The first-order chi connectivity index (χ1) is 15.9. The van der Waals surface area contributed by atoms with Crippen LogP contribution >= 0.6 is 34.8 Å². The molecule has 0 fully saturated rings. The van der Waals surface area contributed by atoms with E-state index in [0.717, 1.165) is 12.0 Å². The van der Waals surface area contributed by atoms with Crippen LogP contribution in [-0.2, 0) is 22.6 Å². The monoisotopic (exact) mass is 503 g/mol. The molecule has 0 atom stereocenters. The van der Waals surface area contributed by atoms with Crippen LogP contribution in [0.2, 0.25) is 15.1 Å². The number of ether oxygens (including phenoxy) is 1. The minimum Gasteiger partial charge on any atom is -0.488 e. The number of aryl methyl sites for hydroxylation is 1. The van der Waals surface area contributed by atoms with Gasteiger partial charge in [-0.05, 0) is 54.4 Å². The number of amides is 2. The first-order valence-electron chi connectivity index (χ1n) is 9.96. The Kier molecular flexibility index (Phi) is 8.72. The molecule has 3 aromatic rings. The quantitative estimate of drug-likeness (QED) is 0.240. The Morgan fingerprint density at radius 3 is 2.33 bits per heavy atom. The Labute approximate surface area is 206 Å². The summed E-state index contributed by atoms with van der Waals surface area (Å²) >= 11 is 18.4. The molecule has 0 unspecified atom stereocenters. The average molecular weight is 505 g/mol. The van der Waals surface area contributed by atoms with E-state index in [0.29, 0.717) is 37.6 Å². The van der Waals surface area contributed by atoms with Gasteiger partial charge in [0.2, 0.25) is 0 Å². The SMILES string of the molecule is CCc1ccc(NC(=O)C(=O)N/N=C\c2cc(Cl)ccc2OCc2c(Cl)cccc2Cl)cc1. The van der Waals surface area contributed by atoms with Crippen LogP contribution in [0.25, 0.3) is 0 Å². The van der Waals surface area contributed by atoms with Gasteiger partial charge in [0.25, 0.3) is 0 Å². The number of nitrogens with one attached hydrogen (secondary N) is 2. The molecule has 0 aromatic heterocycles. The summed E-state index contributed by atoms with van der Waals surface area (Å²) in [4.78, 5) is 24.2. The van der Waals surface area contributed by atoms with Crippen molar-refractivity contribution >= 4 is 58.5 Å². The zero-order valence-corrected chi connectivity index (χ0v) is 19.8. The maximum absolute atomic E-state index is 12.1. The topological polar surface area (TPSA) is 79.8 Å². The second-order valence-electron chi connectivity index (χ2n) is 6.87. The third-order valence-electron chi connectivity index (χ3n) is 4.60. The summed E-state index contributed by atoms with van der Waals surface area (Å²) in [6.45, 7) is 2.15. The maximum Gasteiger partial charge on any atom is 0.329 e. The molecule has 0 aliphatic rings. The number of carbonyl (C=O) groups excluding carboxylic acids is 2. The van der Waals surface area contributed by atoms with Gasteiger partial charge in [-0.25, -0.2) is 5.43 Å². The summed E-state index contributed by atoms with van der Waals surface area (Å²) in [5.41, 5.74) is 4.95. The van der Waals surface area contributed by atoms with Crippen molar-refractivity contribution in [2.75, 3.05) is 5.32 Å². The van der Waals surface area contributed by atoms with E-state index in [1.807, 2.05) is 19.1 Å². The van der Waals surface area contributed by atoms with E-state index in [-0.39, 0.29) is 6.61 Å². The van der Waals surface area contributed by atoms with Crippen LogP contribution in [0, 0.1) is 0 Å². The lowest BCUT2D eigenvalue weighted by atomic mass is 10.1. The molecule has 2 N–H and O–H groups in total. The number of rotatable bonds is 7. The molecular weight excluding hydrogens is 485 g/mol. The molecule has 3 aromatic carbocycles. The number of benzene rings is 3. The van der Waals surface area contributed by atoms with Gasteiger partial charge in [0.1, 0.15) is 12.4 Å². The molecule has 170 valence electrons. The molecule has 0 saturated carbocycles. The highest BCUT2D eigenvalue weighted by atomic mass is 35.5. The van der Waals surface area contributed by atoms with Gasteiger partial charge in [0.15, 0.2) is 0 Å². The zero-order chi connectivity index (χ0) is 23.8. The van der Waals surface area contributed by atoms with Gasteiger partial charge in [0.05, 0.1) is 6.21 Å². The third kappa shape index (κ3) is 6.96. The Morgan fingerprint density at radius 1 is 0.970 bits per heavy atom. The number of carbonyl (C=O) groups is 2. The molecule has 0 aliphatic heterocycles. The summed E-state index contributed by atoms with van der Waals surface area (Å²) in [5, 5.41) is 7.77. The first-order valence-corrected chi connectivity index (χ1v) is 11.1.